The molecule has 0 saturated carbocycles. The number of fused-ring (bicyclic) bond motifs is 1. The van der Waals surface area contributed by atoms with Crippen molar-refractivity contribution in [2.24, 2.45) is 0 Å². The van der Waals surface area contributed by atoms with E-state index in [1.807, 2.05) is 24.3 Å². The predicted octanol–water partition coefficient (Wildman–Crippen LogP) is 2.79. The maximum absolute atomic E-state index is 11.9. The van der Waals surface area contributed by atoms with Crippen molar-refractivity contribution in [2.45, 2.75) is 32.1 Å². The first-order valence-electron chi connectivity index (χ1n) is 6.84. The smallest absolute Gasteiger partial charge is 0.226 e. The minimum absolute atomic E-state index is 0.000626. The van der Waals surface area contributed by atoms with Crippen LogP contribution in [-0.4, -0.2) is 10.9 Å². The van der Waals surface area contributed by atoms with E-state index in [0.29, 0.717) is 12.8 Å². The summed E-state index contributed by atoms with van der Waals surface area (Å²) in [7, 11) is 0. The number of carbonyl (C=O) groups is 1. The molecular weight excluding hydrogens is 270 g/mol. The Bertz CT molecular complexity index is 614. The fourth-order valence-corrected chi connectivity index (χ4v) is 3.50. The van der Waals surface area contributed by atoms with Crippen molar-refractivity contribution < 1.29 is 4.79 Å². The van der Waals surface area contributed by atoms with Gasteiger partial charge in [0.05, 0.1) is 5.69 Å². The van der Waals surface area contributed by atoms with E-state index in [4.69, 9.17) is 5.73 Å². The molecule has 3 N–H and O–H groups in total. The lowest BCUT2D eigenvalue weighted by Gasteiger charge is -2.05. The molecule has 0 radical (unpaired) electrons. The third kappa shape index (κ3) is 2.82. The van der Waals surface area contributed by atoms with Crippen LogP contribution in [0.2, 0.25) is 0 Å². The zero-order valence-corrected chi connectivity index (χ0v) is 12.0. The Labute approximate surface area is 122 Å². The summed E-state index contributed by atoms with van der Waals surface area (Å²) in [5.74, 6) is 0.000626. The van der Waals surface area contributed by atoms with Crippen molar-refractivity contribution >= 4 is 28.1 Å². The first-order valence-corrected chi connectivity index (χ1v) is 7.66. The van der Waals surface area contributed by atoms with Gasteiger partial charge in [-0.1, -0.05) is 18.2 Å². The Morgan fingerprint density at radius 3 is 3.00 bits per heavy atom. The van der Waals surface area contributed by atoms with Crippen molar-refractivity contribution in [2.75, 3.05) is 11.1 Å². The van der Waals surface area contributed by atoms with Gasteiger partial charge in [-0.15, -0.1) is 11.3 Å². The summed E-state index contributed by atoms with van der Waals surface area (Å²) in [4.78, 5) is 17.7. The van der Waals surface area contributed by atoms with Gasteiger partial charge in [-0.05, 0) is 37.3 Å². The number of hydrogen-bond donors (Lipinski definition) is 2. The highest BCUT2D eigenvalue weighted by molar-refractivity contribution is 7.15. The number of aromatic nitrogens is 1. The van der Waals surface area contributed by atoms with Crippen LogP contribution in [0.25, 0.3) is 0 Å². The number of anilines is 2. The summed E-state index contributed by atoms with van der Waals surface area (Å²) in [6, 6.07) is 7.66. The van der Waals surface area contributed by atoms with Crippen LogP contribution >= 0.6 is 11.3 Å². The third-order valence-corrected chi connectivity index (χ3v) is 4.59. The molecule has 1 aromatic carbocycles. The van der Waals surface area contributed by atoms with Gasteiger partial charge in [0.1, 0.15) is 0 Å². The van der Waals surface area contributed by atoms with Gasteiger partial charge in [0.15, 0.2) is 5.13 Å². The minimum Gasteiger partial charge on any atom is -0.399 e. The van der Waals surface area contributed by atoms with Crippen LogP contribution in [0.5, 0.6) is 0 Å². The molecule has 0 spiro atoms. The van der Waals surface area contributed by atoms with Gasteiger partial charge in [0, 0.05) is 17.0 Å². The second-order valence-electron chi connectivity index (χ2n) is 4.99. The molecule has 1 aliphatic carbocycles. The monoisotopic (exact) mass is 287 g/mol. The summed E-state index contributed by atoms with van der Waals surface area (Å²) >= 11 is 1.61. The fourth-order valence-electron chi connectivity index (χ4n) is 2.44. The van der Waals surface area contributed by atoms with Gasteiger partial charge >= 0.3 is 0 Å². The van der Waals surface area contributed by atoms with Crippen LogP contribution in [0, 0.1) is 0 Å². The Hall–Kier alpha value is -1.88. The number of thiazole rings is 1. The van der Waals surface area contributed by atoms with Crippen molar-refractivity contribution in [3.8, 4) is 0 Å². The Balaban J connectivity index is 1.56. The molecule has 1 aliphatic rings. The van der Waals surface area contributed by atoms with Crippen LogP contribution < -0.4 is 11.1 Å². The number of para-hydroxylation sites is 1. The molecule has 20 heavy (non-hydrogen) atoms. The summed E-state index contributed by atoms with van der Waals surface area (Å²) in [6.45, 7) is 0. The van der Waals surface area contributed by atoms with Crippen LogP contribution in [0.3, 0.4) is 0 Å². The molecule has 0 unspecified atom stereocenters. The normalized spacial score (nSPS) is 13.2. The standard InChI is InChI=1S/C15H17N3OS/c16-11-5-2-1-4-10(11)8-9-14(19)18-15-17-12-6-3-7-13(12)20-15/h1-2,4-5H,3,6-9,16H2,(H,17,18,19). The lowest BCUT2D eigenvalue weighted by atomic mass is 10.1. The van der Waals surface area contributed by atoms with Crippen LogP contribution in [-0.2, 0) is 24.1 Å². The molecule has 1 amide bonds. The van der Waals surface area contributed by atoms with Crippen molar-refractivity contribution in [3.63, 3.8) is 0 Å². The molecular formula is C15H17N3OS. The fraction of sp³-hybridized carbons (Fsp3) is 0.333. The van der Waals surface area contributed by atoms with Gasteiger partial charge < -0.3 is 11.1 Å². The topological polar surface area (TPSA) is 68.0 Å². The highest BCUT2D eigenvalue weighted by Gasteiger charge is 2.17. The number of hydrogen-bond acceptors (Lipinski definition) is 4. The van der Waals surface area contributed by atoms with Gasteiger partial charge in [-0.3, -0.25) is 4.79 Å². The molecule has 4 nitrogen and oxygen atoms in total. The Kier molecular flexibility index (Phi) is 3.69. The number of nitrogens with two attached hydrogens (primary N) is 1. The molecule has 0 fully saturated rings. The zero-order chi connectivity index (χ0) is 13.9. The van der Waals surface area contributed by atoms with E-state index in [0.717, 1.165) is 34.9 Å². The van der Waals surface area contributed by atoms with Crippen molar-refractivity contribution in [1.29, 1.82) is 0 Å². The highest BCUT2D eigenvalue weighted by Crippen LogP contribution is 2.30. The number of benzene rings is 1. The SMILES string of the molecule is Nc1ccccc1CCC(=O)Nc1nc2c(s1)CCC2. The van der Waals surface area contributed by atoms with Gasteiger partial charge in [-0.25, -0.2) is 4.98 Å². The molecule has 1 aromatic heterocycles. The number of aryl methyl sites for hydroxylation is 3. The first-order chi connectivity index (χ1) is 9.72. The number of carbonyl (C=O) groups excluding carboxylic acids is 1. The summed E-state index contributed by atoms with van der Waals surface area (Å²) in [6.07, 6.45) is 4.42. The lowest BCUT2D eigenvalue weighted by Crippen LogP contribution is -2.12. The lowest BCUT2D eigenvalue weighted by molar-refractivity contribution is -0.116. The minimum atomic E-state index is 0.000626. The average Bonchev–Trinajstić information content (AvgIpc) is 2.98. The van der Waals surface area contributed by atoms with Crippen LogP contribution in [0.4, 0.5) is 10.8 Å². The van der Waals surface area contributed by atoms with E-state index in [1.165, 1.54) is 11.3 Å². The molecule has 3 rings (SSSR count). The summed E-state index contributed by atoms with van der Waals surface area (Å²) < 4.78 is 0. The first kappa shape index (κ1) is 13.1. The van der Waals surface area contributed by atoms with E-state index < -0.39 is 0 Å². The average molecular weight is 287 g/mol. The van der Waals surface area contributed by atoms with E-state index in [2.05, 4.69) is 10.3 Å². The third-order valence-electron chi connectivity index (χ3n) is 3.52. The Morgan fingerprint density at radius 1 is 1.35 bits per heavy atom. The van der Waals surface area contributed by atoms with E-state index >= 15 is 0 Å². The maximum atomic E-state index is 11.9. The second kappa shape index (κ2) is 5.63. The number of rotatable bonds is 4. The molecule has 2 aromatic rings. The maximum Gasteiger partial charge on any atom is 0.226 e. The van der Waals surface area contributed by atoms with E-state index in [1.54, 1.807) is 11.3 Å². The number of nitrogen functional groups attached to an aromatic ring is 1. The molecule has 0 saturated heterocycles. The van der Waals surface area contributed by atoms with E-state index in [9.17, 15) is 4.79 Å². The highest BCUT2D eigenvalue weighted by atomic mass is 32.1. The molecule has 104 valence electrons. The van der Waals surface area contributed by atoms with Gasteiger partial charge in [0.2, 0.25) is 5.91 Å². The number of nitrogens with one attached hydrogen (secondary N) is 1. The van der Waals surface area contributed by atoms with Gasteiger partial charge in [-0.2, -0.15) is 0 Å². The quantitative estimate of drug-likeness (QED) is 0.850. The predicted molar refractivity (Wildman–Crippen MR) is 81.9 cm³/mol. The second-order valence-corrected chi connectivity index (χ2v) is 6.07. The van der Waals surface area contributed by atoms with Crippen LogP contribution in [0.1, 0.15) is 29.0 Å². The van der Waals surface area contributed by atoms with Gasteiger partial charge in [0.25, 0.3) is 0 Å². The zero-order valence-electron chi connectivity index (χ0n) is 11.2. The largest absolute Gasteiger partial charge is 0.399 e. The Morgan fingerprint density at radius 2 is 2.20 bits per heavy atom. The molecule has 0 atom stereocenters. The van der Waals surface area contributed by atoms with E-state index in [-0.39, 0.29) is 5.91 Å². The number of nitrogens with zero attached hydrogens (tertiary/aromatic N) is 1. The summed E-state index contributed by atoms with van der Waals surface area (Å²) in [5, 5.41) is 3.63. The molecule has 5 heteroatoms. The van der Waals surface area contributed by atoms with Crippen molar-refractivity contribution in [3.05, 3.63) is 40.4 Å². The summed E-state index contributed by atoms with van der Waals surface area (Å²) in [5.41, 5.74) is 8.79. The van der Waals surface area contributed by atoms with Crippen molar-refractivity contribution in [1.82, 2.24) is 4.98 Å². The molecule has 0 bridgehead atoms. The number of amides is 1. The molecule has 1 heterocycles. The van der Waals surface area contributed by atoms with Crippen LogP contribution in [0.15, 0.2) is 24.3 Å². The molecule has 0 aliphatic heterocycles.